The molecule has 0 spiro atoms. The molecule has 0 saturated heterocycles. The maximum atomic E-state index is 12.9. The summed E-state index contributed by atoms with van der Waals surface area (Å²) in [5.74, 6) is -2.35. The molecule has 0 radical (unpaired) electrons. The molecular formula is C14H15FN4O4. The highest BCUT2D eigenvalue weighted by Gasteiger charge is 2.35. The number of carbonyl (C=O) groups is 2. The molecule has 1 aromatic heterocycles. The van der Waals surface area contributed by atoms with Gasteiger partial charge >= 0.3 is 5.97 Å². The van der Waals surface area contributed by atoms with Crippen LogP contribution >= 0.6 is 0 Å². The Morgan fingerprint density at radius 2 is 2.04 bits per heavy atom. The van der Waals surface area contributed by atoms with Crippen LogP contribution in [0.1, 0.15) is 17.4 Å². The zero-order chi connectivity index (χ0) is 17.0. The summed E-state index contributed by atoms with van der Waals surface area (Å²) in [6.45, 7) is 1.11. The van der Waals surface area contributed by atoms with Crippen LogP contribution in [0.4, 0.5) is 4.39 Å². The molecule has 2 rings (SSSR count). The molecule has 1 heterocycles. The number of nitrogens with zero attached hydrogens (tertiary/aromatic N) is 3. The highest BCUT2D eigenvalue weighted by Crippen LogP contribution is 2.09. The van der Waals surface area contributed by atoms with Gasteiger partial charge < -0.3 is 15.2 Å². The summed E-state index contributed by atoms with van der Waals surface area (Å²) in [7, 11) is 1.33. The van der Waals surface area contributed by atoms with Crippen molar-refractivity contribution in [1.82, 2.24) is 20.3 Å². The average Bonchev–Trinajstić information content (AvgIpc) is 2.98. The predicted octanol–water partition coefficient (Wildman–Crippen LogP) is 0.626. The van der Waals surface area contributed by atoms with E-state index in [1.165, 1.54) is 44.5 Å². The van der Waals surface area contributed by atoms with Gasteiger partial charge in [0.25, 0.3) is 5.91 Å². The fourth-order valence-corrected chi connectivity index (χ4v) is 1.82. The SMILES string of the molecule is COCC(C)(NC(=O)c1cnn(-c2ccc(F)cc2)n1)C(=O)O. The zero-order valence-corrected chi connectivity index (χ0v) is 12.5. The molecule has 1 atom stereocenters. The van der Waals surface area contributed by atoms with Crippen molar-refractivity contribution in [2.45, 2.75) is 12.5 Å². The quantitative estimate of drug-likeness (QED) is 0.808. The van der Waals surface area contributed by atoms with Crippen molar-refractivity contribution in [3.63, 3.8) is 0 Å². The van der Waals surface area contributed by atoms with Crippen LogP contribution in [0.5, 0.6) is 0 Å². The monoisotopic (exact) mass is 322 g/mol. The summed E-state index contributed by atoms with van der Waals surface area (Å²) in [5, 5.41) is 19.4. The number of nitrogens with one attached hydrogen (secondary N) is 1. The van der Waals surface area contributed by atoms with Crippen LogP contribution in [0.3, 0.4) is 0 Å². The Balaban J connectivity index is 2.18. The number of carbonyl (C=O) groups excluding carboxylic acids is 1. The molecule has 23 heavy (non-hydrogen) atoms. The highest BCUT2D eigenvalue weighted by atomic mass is 19.1. The normalized spacial score (nSPS) is 13.3. The molecule has 8 nitrogen and oxygen atoms in total. The molecule has 1 aromatic carbocycles. The van der Waals surface area contributed by atoms with Crippen molar-refractivity contribution in [3.05, 3.63) is 42.0 Å². The van der Waals surface area contributed by atoms with Crippen molar-refractivity contribution < 1.29 is 23.8 Å². The molecule has 9 heteroatoms. The molecule has 2 N–H and O–H groups in total. The number of benzene rings is 1. The van der Waals surface area contributed by atoms with Gasteiger partial charge in [-0.3, -0.25) is 4.79 Å². The van der Waals surface area contributed by atoms with E-state index in [0.717, 1.165) is 4.80 Å². The molecule has 1 amide bonds. The number of aromatic nitrogens is 3. The second-order valence-corrected chi connectivity index (χ2v) is 5.02. The third-order valence-electron chi connectivity index (χ3n) is 3.08. The van der Waals surface area contributed by atoms with E-state index in [9.17, 15) is 19.1 Å². The van der Waals surface area contributed by atoms with Gasteiger partial charge in [-0.25, -0.2) is 9.18 Å². The number of amides is 1. The van der Waals surface area contributed by atoms with E-state index >= 15 is 0 Å². The standard InChI is InChI=1S/C14H15FN4O4/c1-14(8-23-2,13(21)22)17-12(20)11-7-16-19(18-11)10-5-3-9(15)4-6-10/h3-7H,8H2,1-2H3,(H,17,20)(H,21,22). The highest BCUT2D eigenvalue weighted by molar-refractivity contribution is 5.96. The number of hydrogen-bond acceptors (Lipinski definition) is 5. The van der Waals surface area contributed by atoms with Crippen molar-refractivity contribution in [2.75, 3.05) is 13.7 Å². The summed E-state index contributed by atoms with van der Waals surface area (Å²) in [4.78, 5) is 24.5. The first-order valence-corrected chi connectivity index (χ1v) is 6.59. The van der Waals surface area contributed by atoms with Gasteiger partial charge in [0.05, 0.1) is 18.5 Å². The summed E-state index contributed by atoms with van der Waals surface area (Å²) in [6, 6.07) is 5.36. The average molecular weight is 322 g/mol. The molecule has 0 aliphatic rings. The second-order valence-electron chi connectivity index (χ2n) is 5.02. The van der Waals surface area contributed by atoms with E-state index in [4.69, 9.17) is 4.74 Å². The van der Waals surface area contributed by atoms with Gasteiger partial charge in [0, 0.05) is 7.11 Å². The lowest BCUT2D eigenvalue weighted by Crippen LogP contribution is -2.55. The van der Waals surface area contributed by atoms with Gasteiger partial charge in [-0.15, -0.1) is 5.10 Å². The Kier molecular flexibility index (Phi) is 4.70. The Morgan fingerprint density at radius 1 is 1.39 bits per heavy atom. The Bertz CT molecular complexity index is 716. The lowest BCUT2D eigenvalue weighted by Gasteiger charge is -2.24. The molecule has 0 aliphatic heterocycles. The summed E-state index contributed by atoms with van der Waals surface area (Å²) in [6.07, 6.45) is 1.19. The van der Waals surface area contributed by atoms with Gasteiger partial charge in [-0.2, -0.15) is 9.90 Å². The summed E-state index contributed by atoms with van der Waals surface area (Å²) >= 11 is 0. The lowest BCUT2D eigenvalue weighted by molar-refractivity contribution is -0.145. The van der Waals surface area contributed by atoms with Gasteiger partial charge in [0.15, 0.2) is 11.2 Å². The van der Waals surface area contributed by atoms with Crippen LogP contribution in [0.2, 0.25) is 0 Å². The molecule has 1 unspecified atom stereocenters. The van der Waals surface area contributed by atoms with E-state index < -0.39 is 23.2 Å². The lowest BCUT2D eigenvalue weighted by atomic mass is 10.0. The Labute approximate surface area is 130 Å². The van der Waals surface area contributed by atoms with E-state index in [2.05, 4.69) is 15.5 Å². The van der Waals surface area contributed by atoms with Crippen LogP contribution in [0, 0.1) is 5.82 Å². The molecule has 0 fully saturated rings. The largest absolute Gasteiger partial charge is 0.479 e. The molecule has 0 saturated carbocycles. The minimum Gasteiger partial charge on any atom is -0.479 e. The number of halogens is 1. The van der Waals surface area contributed by atoms with Crippen LogP contribution in [-0.4, -0.2) is 51.2 Å². The first-order valence-electron chi connectivity index (χ1n) is 6.59. The number of hydrogen-bond donors (Lipinski definition) is 2. The third kappa shape index (κ3) is 3.69. The molecule has 0 aliphatic carbocycles. The number of carboxylic acid groups (broad SMARTS) is 1. The zero-order valence-electron chi connectivity index (χ0n) is 12.5. The molecular weight excluding hydrogens is 307 g/mol. The molecule has 2 aromatic rings. The van der Waals surface area contributed by atoms with E-state index in [0.29, 0.717) is 5.69 Å². The van der Waals surface area contributed by atoms with Gasteiger partial charge in [-0.1, -0.05) is 0 Å². The van der Waals surface area contributed by atoms with Gasteiger partial charge in [-0.05, 0) is 31.2 Å². The fourth-order valence-electron chi connectivity index (χ4n) is 1.82. The summed E-state index contributed by atoms with van der Waals surface area (Å²) < 4.78 is 17.7. The van der Waals surface area contributed by atoms with Crippen LogP contribution in [0.15, 0.2) is 30.5 Å². The minimum absolute atomic E-state index is 0.0714. The van der Waals surface area contributed by atoms with E-state index in [1.54, 1.807) is 0 Å². The number of carboxylic acids is 1. The minimum atomic E-state index is -1.59. The first kappa shape index (κ1) is 16.6. The van der Waals surface area contributed by atoms with E-state index in [-0.39, 0.29) is 12.3 Å². The summed E-state index contributed by atoms with van der Waals surface area (Å²) in [5.41, 5.74) is -1.20. The van der Waals surface area contributed by atoms with Crippen molar-refractivity contribution in [3.8, 4) is 5.69 Å². The number of aliphatic carboxylic acids is 1. The maximum absolute atomic E-state index is 12.9. The van der Waals surface area contributed by atoms with Gasteiger partial charge in [0.1, 0.15) is 5.82 Å². The Morgan fingerprint density at radius 3 is 2.61 bits per heavy atom. The Hall–Kier alpha value is -2.81. The van der Waals surface area contributed by atoms with Crippen molar-refractivity contribution >= 4 is 11.9 Å². The first-order chi connectivity index (χ1) is 10.9. The molecule has 0 bridgehead atoms. The number of ether oxygens (including phenoxy) is 1. The number of methoxy groups -OCH3 is 1. The topological polar surface area (TPSA) is 106 Å². The van der Waals surface area contributed by atoms with Crippen LogP contribution in [0.25, 0.3) is 5.69 Å². The maximum Gasteiger partial charge on any atom is 0.331 e. The predicted molar refractivity (Wildman–Crippen MR) is 76.7 cm³/mol. The second kappa shape index (κ2) is 6.53. The van der Waals surface area contributed by atoms with Crippen molar-refractivity contribution in [1.29, 1.82) is 0 Å². The fraction of sp³-hybridized carbons (Fsp3) is 0.286. The van der Waals surface area contributed by atoms with Crippen molar-refractivity contribution in [2.24, 2.45) is 0 Å². The number of rotatable bonds is 6. The third-order valence-corrected chi connectivity index (χ3v) is 3.08. The van der Waals surface area contributed by atoms with E-state index in [1.807, 2.05) is 0 Å². The van der Waals surface area contributed by atoms with Crippen LogP contribution < -0.4 is 5.32 Å². The molecule has 122 valence electrons. The van der Waals surface area contributed by atoms with Crippen LogP contribution in [-0.2, 0) is 9.53 Å². The van der Waals surface area contributed by atoms with Gasteiger partial charge in [0.2, 0.25) is 0 Å². The smallest absolute Gasteiger partial charge is 0.331 e.